The van der Waals surface area contributed by atoms with Crippen LogP contribution in [0.25, 0.3) is 0 Å². The number of rotatable bonds is 2. The van der Waals surface area contributed by atoms with Gasteiger partial charge in [-0.25, -0.2) is 0 Å². The van der Waals surface area contributed by atoms with Gasteiger partial charge in [-0.05, 0) is 32.5 Å². The molecule has 4 heteroatoms. The van der Waals surface area contributed by atoms with Crippen molar-refractivity contribution in [2.45, 2.75) is 32.9 Å². The SMILES string of the molecule is CCO[Si]1(C)CC(C)CN(C)CCC1=O. The lowest BCUT2D eigenvalue weighted by Crippen LogP contribution is -2.49. The van der Waals surface area contributed by atoms with Crippen molar-refractivity contribution >= 4 is 13.7 Å². The maximum Gasteiger partial charge on any atom is 0.261 e. The maximum absolute atomic E-state index is 12.1. The van der Waals surface area contributed by atoms with Crippen LogP contribution < -0.4 is 0 Å². The minimum atomic E-state index is -2.08. The Balaban J connectivity index is 2.73. The molecule has 0 N–H and O–H groups in total. The van der Waals surface area contributed by atoms with Gasteiger partial charge in [0.25, 0.3) is 8.32 Å². The molecule has 1 aliphatic rings. The van der Waals surface area contributed by atoms with Gasteiger partial charge in [0.15, 0.2) is 0 Å². The van der Waals surface area contributed by atoms with Crippen molar-refractivity contribution in [2.75, 3.05) is 26.7 Å². The van der Waals surface area contributed by atoms with Crippen molar-refractivity contribution in [3.63, 3.8) is 0 Å². The lowest BCUT2D eigenvalue weighted by atomic mass is 10.2. The van der Waals surface area contributed by atoms with Gasteiger partial charge in [0.2, 0.25) is 0 Å². The third-order valence-corrected chi connectivity index (χ3v) is 6.97. The minimum absolute atomic E-state index is 0.391. The van der Waals surface area contributed by atoms with Crippen LogP contribution in [0.2, 0.25) is 12.6 Å². The standard InChI is InChI=1S/C11H23NO2Si/c1-5-14-15(4)9-10(2)8-12(3)7-6-11(15)13/h10H,5-9H2,1-4H3. The molecule has 0 spiro atoms. The second kappa shape index (κ2) is 5.23. The molecule has 1 rings (SSSR count). The van der Waals surface area contributed by atoms with Crippen molar-refractivity contribution in [3.8, 4) is 0 Å². The molecule has 1 saturated heterocycles. The van der Waals surface area contributed by atoms with Crippen molar-refractivity contribution < 1.29 is 9.22 Å². The number of hydrogen-bond acceptors (Lipinski definition) is 3. The first-order valence-electron chi connectivity index (χ1n) is 5.83. The van der Waals surface area contributed by atoms with E-state index in [-0.39, 0.29) is 0 Å². The highest BCUT2D eigenvalue weighted by molar-refractivity contribution is 7.00. The predicted octanol–water partition coefficient (Wildman–Crippen LogP) is 1.68. The molecule has 0 aromatic heterocycles. The van der Waals surface area contributed by atoms with Gasteiger partial charge in [0.05, 0.1) is 0 Å². The van der Waals surface area contributed by atoms with Crippen LogP contribution in [0.4, 0.5) is 0 Å². The highest BCUT2D eigenvalue weighted by Gasteiger charge is 2.40. The van der Waals surface area contributed by atoms with E-state index >= 15 is 0 Å². The van der Waals surface area contributed by atoms with Gasteiger partial charge >= 0.3 is 0 Å². The summed E-state index contributed by atoms with van der Waals surface area (Å²) < 4.78 is 5.79. The summed E-state index contributed by atoms with van der Waals surface area (Å²) in [5, 5.41) is 0.391. The van der Waals surface area contributed by atoms with Crippen LogP contribution in [-0.2, 0) is 9.22 Å². The minimum Gasteiger partial charge on any atom is -0.410 e. The molecule has 88 valence electrons. The van der Waals surface area contributed by atoms with E-state index in [2.05, 4.69) is 25.4 Å². The van der Waals surface area contributed by atoms with Gasteiger partial charge in [-0.1, -0.05) is 6.92 Å². The molecule has 0 aromatic carbocycles. The van der Waals surface area contributed by atoms with Crippen LogP contribution in [0.15, 0.2) is 0 Å². The van der Waals surface area contributed by atoms with Crippen LogP contribution in [0.5, 0.6) is 0 Å². The molecule has 2 unspecified atom stereocenters. The van der Waals surface area contributed by atoms with Gasteiger partial charge in [-0.15, -0.1) is 0 Å². The Kier molecular flexibility index (Phi) is 4.49. The summed E-state index contributed by atoms with van der Waals surface area (Å²) in [6.07, 6.45) is 0.673. The van der Waals surface area contributed by atoms with E-state index in [9.17, 15) is 4.79 Å². The summed E-state index contributed by atoms with van der Waals surface area (Å²) in [7, 11) is 0.0112. The summed E-state index contributed by atoms with van der Waals surface area (Å²) in [5.41, 5.74) is 0. The smallest absolute Gasteiger partial charge is 0.261 e. The molecular weight excluding hydrogens is 206 g/mol. The monoisotopic (exact) mass is 229 g/mol. The average molecular weight is 229 g/mol. The third kappa shape index (κ3) is 3.40. The van der Waals surface area contributed by atoms with Crippen LogP contribution >= 0.6 is 0 Å². The highest BCUT2D eigenvalue weighted by atomic mass is 28.4. The molecule has 3 nitrogen and oxygen atoms in total. The largest absolute Gasteiger partial charge is 0.410 e. The Bertz CT molecular complexity index is 235. The fourth-order valence-corrected chi connectivity index (χ4v) is 5.72. The molecule has 0 radical (unpaired) electrons. The maximum atomic E-state index is 12.1. The first kappa shape index (κ1) is 12.9. The molecule has 0 aliphatic carbocycles. The molecule has 0 aromatic rings. The number of carbonyl (C=O) groups is 1. The van der Waals surface area contributed by atoms with E-state index < -0.39 is 8.32 Å². The van der Waals surface area contributed by atoms with E-state index in [1.165, 1.54) is 0 Å². The lowest BCUT2D eigenvalue weighted by molar-refractivity contribution is -0.114. The van der Waals surface area contributed by atoms with Crippen LogP contribution in [-0.4, -0.2) is 45.4 Å². The molecule has 0 saturated carbocycles. The van der Waals surface area contributed by atoms with E-state index in [0.717, 1.165) is 19.1 Å². The Morgan fingerprint density at radius 1 is 1.60 bits per heavy atom. The van der Waals surface area contributed by atoms with Crippen LogP contribution in [0.3, 0.4) is 0 Å². The van der Waals surface area contributed by atoms with Crippen molar-refractivity contribution in [3.05, 3.63) is 0 Å². The van der Waals surface area contributed by atoms with E-state index in [4.69, 9.17) is 4.43 Å². The zero-order chi connectivity index (χ0) is 11.5. The summed E-state index contributed by atoms with van der Waals surface area (Å²) in [6, 6.07) is 0.976. The molecular formula is C11H23NO2Si. The quantitative estimate of drug-likeness (QED) is 0.675. The fourth-order valence-electron chi connectivity index (χ4n) is 2.48. The van der Waals surface area contributed by atoms with Crippen molar-refractivity contribution in [2.24, 2.45) is 5.92 Å². The van der Waals surface area contributed by atoms with Crippen LogP contribution in [0.1, 0.15) is 20.3 Å². The second-order valence-electron chi connectivity index (χ2n) is 4.91. The first-order valence-corrected chi connectivity index (χ1v) is 8.45. The zero-order valence-electron chi connectivity index (χ0n) is 10.4. The number of nitrogens with zero attached hydrogens (tertiary/aromatic N) is 1. The molecule has 1 aliphatic heterocycles. The second-order valence-corrected chi connectivity index (χ2v) is 8.62. The Hall–Kier alpha value is -0.193. The summed E-state index contributed by atoms with van der Waals surface area (Å²) in [4.78, 5) is 14.3. The third-order valence-electron chi connectivity index (χ3n) is 3.13. The number of carbonyl (C=O) groups excluding carboxylic acids is 1. The molecule has 1 heterocycles. The van der Waals surface area contributed by atoms with Gasteiger partial charge in [0.1, 0.15) is 5.41 Å². The van der Waals surface area contributed by atoms with Gasteiger partial charge in [0, 0.05) is 26.1 Å². The Morgan fingerprint density at radius 2 is 2.27 bits per heavy atom. The average Bonchev–Trinajstić information content (AvgIpc) is 2.12. The van der Waals surface area contributed by atoms with E-state index in [0.29, 0.717) is 24.4 Å². The van der Waals surface area contributed by atoms with E-state index in [1.54, 1.807) is 0 Å². The highest BCUT2D eigenvalue weighted by Crippen LogP contribution is 2.23. The van der Waals surface area contributed by atoms with Gasteiger partial charge < -0.3 is 14.1 Å². The van der Waals surface area contributed by atoms with Crippen LogP contribution in [0, 0.1) is 5.92 Å². The van der Waals surface area contributed by atoms with Gasteiger partial charge in [-0.2, -0.15) is 0 Å². The van der Waals surface area contributed by atoms with Crippen molar-refractivity contribution in [1.82, 2.24) is 4.90 Å². The molecule has 2 atom stereocenters. The van der Waals surface area contributed by atoms with Gasteiger partial charge in [-0.3, -0.25) is 0 Å². The fraction of sp³-hybridized carbons (Fsp3) is 0.909. The lowest BCUT2D eigenvalue weighted by Gasteiger charge is -2.33. The zero-order valence-corrected chi connectivity index (χ0v) is 11.4. The van der Waals surface area contributed by atoms with Crippen molar-refractivity contribution in [1.29, 1.82) is 0 Å². The normalized spacial score (nSPS) is 34.9. The molecule has 1 fully saturated rings. The summed E-state index contributed by atoms with van der Waals surface area (Å²) in [5.74, 6) is 0.572. The molecule has 0 amide bonds. The Labute approximate surface area is 93.9 Å². The molecule has 0 bridgehead atoms. The predicted molar refractivity (Wildman–Crippen MR) is 64.3 cm³/mol. The summed E-state index contributed by atoms with van der Waals surface area (Å²) >= 11 is 0. The summed E-state index contributed by atoms with van der Waals surface area (Å²) in [6.45, 7) is 8.94. The molecule has 15 heavy (non-hydrogen) atoms. The Morgan fingerprint density at radius 3 is 2.87 bits per heavy atom. The first-order chi connectivity index (χ1) is 6.98. The topological polar surface area (TPSA) is 29.5 Å². The van der Waals surface area contributed by atoms with E-state index in [1.807, 2.05) is 6.92 Å². The number of hydrogen-bond donors (Lipinski definition) is 0.